The van der Waals surface area contributed by atoms with Crippen molar-refractivity contribution in [1.82, 2.24) is 14.8 Å². The van der Waals surface area contributed by atoms with E-state index in [2.05, 4.69) is 20.6 Å². The topological polar surface area (TPSA) is 55.1 Å². The van der Waals surface area contributed by atoms with Gasteiger partial charge in [0.25, 0.3) is 0 Å². The standard InChI is InChI=1S/C17H13Cl4N5/c1-10-12(8-22-24-17-14(19)7-13(18)15(20)23-17)16(21)26(25-10)9-11-5-3-2-4-6-11/h2-8H,9H2,1H3,(H,23,24). The lowest BCUT2D eigenvalue weighted by Crippen LogP contribution is -2.02. The number of anilines is 1. The normalized spacial score (nSPS) is 11.3. The number of rotatable bonds is 5. The minimum absolute atomic E-state index is 0.138. The first-order valence-electron chi connectivity index (χ1n) is 7.53. The molecule has 0 amide bonds. The number of aryl methyl sites for hydroxylation is 1. The Hall–Kier alpha value is -1.79. The second-order valence-electron chi connectivity index (χ2n) is 5.39. The lowest BCUT2D eigenvalue weighted by Gasteiger charge is -2.04. The van der Waals surface area contributed by atoms with Gasteiger partial charge in [-0.1, -0.05) is 76.7 Å². The van der Waals surface area contributed by atoms with Crippen LogP contribution in [0.25, 0.3) is 0 Å². The Balaban J connectivity index is 1.78. The van der Waals surface area contributed by atoms with Crippen molar-refractivity contribution >= 4 is 58.4 Å². The number of nitrogens with one attached hydrogen (secondary N) is 1. The number of halogens is 4. The van der Waals surface area contributed by atoms with E-state index in [1.807, 2.05) is 37.3 Å². The average molecular weight is 429 g/mol. The molecule has 0 aliphatic carbocycles. The first-order chi connectivity index (χ1) is 12.5. The van der Waals surface area contributed by atoms with Crippen LogP contribution in [0.5, 0.6) is 0 Å². The molecule has 0 aliphatic rings. The van der Waals surface area contributed by atoms with E-state index >= 15 is 0 Å². The molecule has 0 atom stereocenters. The molecule has 26 heavy (non-hydrogen) atoms. The van der Waals surface area contributed by atoms with Crippen LogP contribution in [0, 0.1) is 6.92 Å². The summed E-state index contributed by atoms with van der Waals surface area (Å²) < 4.78 is 1.72. The monoisotopic (exact) mass is 427 g/mol. The molecule has 0 bridgehead atoms. The van der Waals surface area contributed by atoms with Gasteiger partial charge in [0.2, 0.25) is 0 Å². The maximum absolute atomic E-state index is 6.44. The Morgan fingerprint density at radius 1 is 1.12 bits per heavy atom. The minimum Gasteiger partial charge on any atom is -0.260 e. The fraction of sp³-hybridized carbons (Fsp3) is 0.118. The molecule has 0 fully saturated rings. The first-order valence-corrected chi connectivity index (χ1v) is 9.04. The van der Waals surface area contributed by atoms with Crippen LogP contribution in [0.3, 0.4) is 0 Å². The molecule has 134 valence electrons. The Kier molecular flexibility index (Phi) is 6.04. The van der Waals surface area contributed by atoms with Crippen LogP contribution >= 0.6 is 46.4 Å². The first kappa shape index (κ1) is 19.0. The molecule has 9 heteroatoms. The molecule has 0 radical (unpaired) electrons. The van der Waals surface area contributed by atoms with Gasteiger partial charge < -0.3 is 0 Å². The number of hydrazone groups is 1. The summed E-state index contributed by atoms with van der Waals surface area (Å²) in [4.78, 5) is 4.03. The second kappa shape index (κ2) is 8.27. The third-order valence-corrected chi connectivity index (χ3v) is 4.90. The smallest absolute Gasteiger partial charge is 0.166 e. The van der Waals surface area contributed by atoms with E-state index in [-0.39, 0.29) is 10.2 Å². The highest BCUT2D eigenvalue weighted by molar-refractivity contribution is 6.42. The van der Waals surface area contributed by atoms with Crippen LogP contribution in [-0.4, -0.2) is 21.0 Å². The second-order valence-corrected chi connectivity index (χ2v) is 6.93. The van der Waals surface area contributed by atoms with E-state index in [0.717, 1.165) is 11.3 Å². The Morgan fingerprint density at radius 3 is 2.58 bits per heavy atom. The molecule has 3 aromatic rings. The van der Waals surface area contributed by atoms with E-state index in [1.54, 1.807) is 10.9 Å². The summed E-state index contributed by atoms with van der Waals surface area (Å²) in [6.07, 6.45) is 1.56. The zero-order valence-electron chi connectivity index (χ0n) is 13.5. The van der Waals surface area contributed by atoms with Crippen molar-refractivity contribution in [2.24, 2.45) is 5.10 Å². The van der Waals surface area contributed by atoms with E-state index in [0.29, 0.717) is 28.1 Å². The summed E-state index contributed by atoms with van der Waals surface area (Å²) in [5.74, 6) is 0.294. The third-order valence-electron chi connectivity index (χ3n) is 3.54. The Labute approximate surface area is 170 Å². The number of pyridine rings is 1. The van der Waals surface area contributed by atoms with Crippen molar-refractivity contribution in [1.29, 1.82) is 0 Å². The van der Waals surface area contributed by atoms with Crippen LogP contribution in [0.1, 0.15) is 16.8 Å². The van der Waals surface area contributed by atoms with Gasteiger partial charge in [-0.2, -0.15) is 10.2 Å². The highest BCUT2D eigenvalue weighted by atomic mass is 35.5. The number of hydrogen-bond acceptors (Lipinski definition) is 4. The summed E-state index contributed by atoms with van der Waals surface area (Å²) in [6, 6.07) is 11.4. The van der Waals surface area contributed by atoms with Crippen molar-refractivity contribution in [2.45, 2.75) is 13.5 Å². The highest BCUT2D eigenvalue weighted by Crippen LogP contribution is 2.28. The third kappa shape index (κ3) is 4.30. The maximum Gasteiger partial charge on any atom is 0.166 e. The number of benzene rings is 1. The Morgan fingerprint density at radius 2 is 1.85 bits per heavy atom. The predicted octanol–water partition coefficient (Wildman–Crippen LogP) is 5.69. The van der Waals surface area contributed by atoms with Gasteiger partial charge in [0.15, 0.2) is 5.82 Å². The fourth-order valence-corrected chi connectivity index (χ4v) is 3.08. The summed E-state index contributed by atoms with van der Waals surface area (Å²) in [6.45, 7) is 2.43. The van der Waals surface area contributed by atoms with Crippen molar-refractivity contribution in [3.63, 3.8) is 0 Å². The van der Waals surface area contributed by atoms with Gasteiger partial charge in [-0.15, -0.1) is 0 Å². The largest absolute Gasteiger partial charge is 0.260 e. The zero-order chi connectivity index (χ0) is 18.7. The summed E-state index contributed by atoms with van der Waals surface area (Å²) in [5.41, 5.74) is 5.29. The molecular weight excluding hydrogens is 416 g/mol. The van der Waals surface area contributed by atoms with Crippen LogP contribution in [0.2, 0.25) is 20.4 Å². The molecule has 2 aromatic heterocycles. The number of nitrogens with zero attached hydrogens (tertiary/aromatic N) is 4. The predicted molar refractivity (Wildman–Crippen MR) is 108 cm³/mol. The van der Waals surface area contributed by atoms with Crippen molar-refractivity contribution < 1.29 is 0 Å². The number of aromatic nitrogens is 3. The van der Waals surface area contributed by atoms with E-state index in [1.165, 1.54) is 6.07 Å². The molecule has 1 aromatic carbocycles. The van der Waals surface area contributed by atoms with E-state index in [4.69, 9.17) is 46.4 Å². The maximum atomic E-state index is 6.44. The Bertz CT molecular complexity index is 954. The SMILES string of the molecule is Cc1nn(Cc2ccccc2)c(Cl)c1C=NNc1nc(Cl)c(Cl)cc1Cl. The fourth-order valence-electron chi connectivity index (χ4n) is 2.26. The van der Waals surface area contributed by atoms with Gasteiger partial charge in [-0.3, -0.25) is 5.43 Å². The lowest BCUT2D eigenvalue weighted by molar-refractivity contribution is 0.680. The van der Waals surface area contributed by atoms with Gasteiger partial charge in [-0.25, -0.2) is 9.67 Å². The number of hydrogen-bond donors (Lipinski definition) is 1. The average Bonchev–Trinajstić information content (AvgIpc) is 2.87. The molecule has 0 saturated heterocycles. The molecule has 5 nitrogen and oxygen atoms in total. The minimum atomic E-state index is 0.138. The highest BCUT2D eigenvalue weighted by Gasteiger charge is 2.12. The van der Waals surface area contributed by atoms with Gasteiger partial charge in [0, 0.05) is 0 Å². The summed E-state index contributed by atoms with van der Waals surface area (Å²) >= 11 is 24.2. The molecule has 3 rings (SSSR count). The van der Waals surface area contributed by atoms with Gasteiger partial charge in [-0.05, 0) is 18.6 Å². The van der Waals surface area contributed by atoms with Gasteiger partial charge >= 0.3 is 0 Å². The van der Waals surface area contributed by atoms with Crippen molar-refractivity contribution in [2.75, 3.05) is 5.43 Å². The van der Waals surface area contributed by atoms with Gasteiger partial charge in [0.1, 0.15) is 10.3 Å². The molecular formula is C17H13Cl4N5. The van der Waals surface area contributed by atoms with Crippen LogP contribution in [-0.2, 0) is 6.54 Å². The summed E-state index contributed by atoms with van der Waals surface area (Å²) in [7, 11) is 0. The molecule has 1 N–H and O–H groups in total. The van der Waals surface area contributed by atoms with Crippen molar-refractivity contribution in [3.05, 3.63) is 73.6 Å². The van der Waals surface area contributed by atoms with Gasteiger partial charge in [0.05, 0.1) is 34.1 Å². The molecule has 0 spiro atoms. The zero-order valence-corrected chi connectivity index (χ0v) is 16.6. The van der Waals surface area contributed by atoms with E-state index in [9.17, 15) is 0 Å². The lowest BCUT2D eigenvalue weighted by atomic mass is 10.2. The molecule has 0 saturated carbocycles. The summed E-state index contributed by atoms with van der Waals surface area (Å²) in [5, 5.41) is 9.79. The molecule has 0 aliphatic heterocycles. The molecule has 0 unspecified atom stereocenters. The molecule has 2 heterocycles. The van der Waals surface area contributed by atoms with Crippen LogP contribution in [0.15, 0.2) is 41.5 Å². The van der Waals surface area contributed by atoms with Crippen molar-refractivity contribution in [3.8, 4) is 0 Å². The van der Waals surface area contributed by atoms with Crippen LogP contribution in [0.4, 0.5) is 5.82 Å². The quantitative estimate of drug-likeness (QED) is 0.322. The van der Waals surface area contributed by atoms with Crippen LogP contribution < -0.4 is 5.43 Å². The van der Waals surface area contributed by atoms with E-state index < -0.39 is 0 Å².